The lowest BCUT2D eigenvalue weighted by Gasteiger charge is -2.11. The van der Waals surface area contributed by atoms with Gasteiger partial charge in [0.15, 0.2) is 6.10 Å². The van der Waals surface area contributed by atoms with Crippen LogP contribution in [-0.2, 0) is 20.9 Å². The zero-order chi connectivity index (χ0) is 14.5. The summed E-state index contributed by atoms with van der Waals surface area (Å²) in [5.41, 5.74) is 1.42. The Bertz CT molecular complexity index is 547. The van der Waals surface area contributed by atoms with Crippen LogP contribution in [-0.4, -0.2) is 29.2 Å². The number of carbonyl (C=O) groups excluding carboxylic acids is 1. The molecular formula is C14H14N2O4. The first-order valence-electron chi connectivity index (χ1n) is 6.25. The van der Waals surface area contributed by atoms with Gasteiger partial charge in [0.1, 0.15) is 6.10 Å². The molecule has 20 heavy (non-hydrogen) atoms. The van der Waals surface area contributed by atoms with E-state index in [1.807, 2.05) is 6.07 Å². The molecule has 0 aromatic heterocycles. The lowest BCUT2D eigenvalue weighted by molar-refractivity contribution is -0.151. The van der Waals surface area contributed by atoms with E-state index >= 15 is 0 Å². The Balaban J connectivity index is 1.83. The monoisotopic (exact) mass is 274 g/mol. The summed E-state index contributed by atoms with van der Waals surface area (Å²) in [6.07, 6.45) is -0.823. The van der Waals surface area contributed by atoms with Crippen LogP contribution in [0.3, 0.4) is 0 Å². The first-order chi connectivity index (χ1) is 9.60. The van der Waals surface area contributed by atoms with E-state index in [0.29, 0.717) is 24.9 Å². The maximum atomic E-state index is 11.8. The van der Waals surface area contributed by atoms with Crippen LogP contribution in [0.25, 0.3) is 0 Å². The Morgan fingerprint density at radius 3 is 2.50 bits per heavy atom. The predicted octanol–water partition coefficient (Wildman–Crippen LogP) is 0.807. The number of carboxylic acids is 1. The van der Waals surface area contributed by atoms with Crippen LogP contribution in [0.2, 0.25) is 0 Å². The molecular weight excluding hydrogens is 260 g/mol. The highest BCUT2D eigenvalue weighted by molar-refractivity contribution is 5.82. The van der Waals surface area contributed by atoms with E-state index in [4.69, 9.17) is 15.1 Å². The summed E-state index contributed by atoms with van der Waals surface area (Å²) in [4.78, 5) is 22.6. The molecule has 0 saturated carbocycles. The van der Waals surface area contributed by atoms with Crippen LogP contribution >= 0.6 is 0 Å². The Morgan fingerprint density at radius 2 is 1.95 bits per heavy atom. The third kappa shape index (κ3) is 3.33. The summed E-state index contributed by atoms with van der Waals surface area (Å²) in [6, 6.07) is 8.88. The van der Waals surface area contributed by atoms with Gasteiger partial charge in [0, 0.05) is 6.54 Å². The average molecular weight is 274 g/mol. The van der Waals surface area contributed by atoms with E-state index in [9.17, 15) is 9.59 Å². The van der Waals surface area contributed by atoms with Gasteiger partial charge in [-0.3, -0.25) is 4.79 Å². The molecule has 2 rings (SSSR count). The minimum atomic E-state index is -1.03. The third-order valence-electron chi connectivity index (χ3n) is 3.14. The van der Waals surface area contributed by atoms with Crippen molar-refractivity contribution >= 4 is 11.9 Å². The van der Waals surface area contributed by atoms with Crippen LogP contribution < -0.4 is 5.32 Å². The number of benzene rings is 1. The van der Waals surface area contributed by atoms with Gasteiger partial charge in [0.2, 0.25) is 5.91 Å². The normalized spacial score (nSPS) is 21.1. The largest absolute Gasteiger partial charge is 0.479 e. The van der Waals surface area contributed by atoms with E-state index in [1.165, 1.54) is 0 Å². The fourth-order valence-corrected chi connectivity index (χ4v) is 2.01. The van der Waals surface area contributed by atoms with Gasteiger partial charge < -0.3 is 15.2 Å². The molecule has 1 aliphatic heterocycles. The summed E-state index contributed by atoms with van der Waals surface area (Å²) in [5, 5.41) is 20.2. The predicted molar refractivity (Wildman–Crippen MR) is 68.5 cm³/mol. The molecule has 0 radical (unpaired) electrons. The van der Waals surface area contributed by atoms with Gasteiger partial charge in [-0.05, 0) is 30.5 Å². The van der Waals surface area contributed by atoms with Crippen LogP contribution in [0.15, 0.2) is 24.3 Å². The summed E-state index contributed by atoms with van der Waals surface area (Å²) in [5.74, 6) is -1.34. The highest BCUT2D eigenvalue weighted by atomic mass is 16.5. The number of hydrogen-bond acceptors (Lipinski definition) is 4. The zero-order valence-electron chi connectivity index (χ0n) is 10.7. The molecule has 1 heterocycles. The van der Waals surface area contributed by atoms with Crippen molar-refractivity contribution in [3.63, 3.8) is 0 Å². The highest BCUT2D eigenvalue weighted by Crippen LogP contribution is 2.20. The van der Waals surface area contributed by atoms with E-state index in [1.54, 1.807) is 24.3 Å². The quantitative estimate of drug-likeness (QED) is 0.846. The standard InChI is InChI=1S/C14H14N2O4/c15-7-9-1-3-10(4-2-9)8-16-13(17)11-5-6-12(20-11)14(18)19/h1-4,11-12H,5-6,8H2,(H,16,17)(H,18,19). The molecule has 104 valence electrons. The molecule has 2 N–H and O–H groups in total. The minimum absolute atomic E-state index is 0.307. The van der Waals surface area contributed by atoms with Crippen molar-refractivity contribution < 1.29 is 19.4 Å². The van der Waals surface area contributed by atoms with Crippen LogP contribution in [0.5, 0.6) is 0 Å². The summed E-state index contributed by atoms with van der Waals surface area (Å²) >= 11 is 0. The summed E-state index contributed by atoms with van der Waals surface area (Å²) in [6.45, 7) is 0.322. The van der Waals surface area contributed by atoms with E-state index in [0.717, 1.165) is 5.56 Å². The van der Waals surface area contributed by atoms with Crippen LogP contribution in [0.4, 0.5) is 0 Å². The number of hydrogen-bond donors (Lipinski definition) is 2. The van der Waals surface area contributed by atoms with Gasteiger partial charge >= 0.3 is 5.97 Å². The molecule has 1 aliphatic rings. The molecule has 0 bridgehead atoms. The van der Waals surface area contributed by atoms with Gasteiger partial charge in [-0.25, -0.2) is 4.79 Å². The Kier molecular flexibility index (Phi) is 4.33. The number of ether oxygens (including phenoxy) is 1. The Labute approximate surface area is 116 Å². The second-order valence-corrected chi connectivity index (χ2v) is 4.56. The molecule has 1 aromatic rings. The smallest absolute Gasteiger partial charge is 0.332 e. The van der Waals surface area contributed by atoms with E-state index in [2.05, 4.69) is 5.32 Å². The number of rotatable bonds is 4. The summed E-state index contributed by atoms with van der Waals surface area (Å²) < 4.78 is 5.15. The van der Waals surface area contributed by atoms with Crippen LogP contribution in [0.1, 0.15) is 24.0 Å². The average Bonchev–Trinajstić information content (AvgIpc) is 2.95. The molecule has 1 amide bonds. The maximum absolute atomic E-state index is 11.8. The highest BCUT2D eigenvalue weighted by Gasteiger charge is 2.34. The van der Waals surface area contributed by atoms with Gasteiger partial charge in [-0.15, -0.1) is 0 Å². The number of carboxylic acid groups (broad SMARTS) is 1. The number of amides is 1. The zero-order valence-corrected chi connectivity index (χ0v) is 10.7. The van der Waals surface area contributed by atoms with Gasteiger partial charge in [0.25, 0.3) is 0 Å². The number of carbonyl (C=O) groups is 2. The fraction of sp³-hybridized carbons (Fsp3) is 0.357. The molecule has 6 heteroatoms. The second-order valence-electron chi connectivity index (χ2n) is 4.56. The third-order valence-corrected chi connectivity index (χ3v) is 3.14. The summed E-state index contributed by atoms with van der Waals surface area (Å²) in [7, 11) is 0. The number of aliphatic carboxylic acids is 1. The molecule has 6 nitrogen and oxygen atoms in total. The van der Waals surface area contributed by atoms with Crippen LogP contribution in [0, 0.1) is 11.3 Å². The fourth-order valence-electron chi connectivity index (χ4n) is 2.01. The molecule has 0 aliphatic carbocycles. The van der Waals surface area contributed by atoms with E-state index < -0.39 is 18.2 Å². The lowest BCUT2D eigenvalue weighted by atomic mass is 10.1. The van der Waals surface area contributed by atoms with Crippen molar-refractivity contribution in [2.24, 2.45) is 0 Å². The van der Waals surface area contributed by atoms with Crippen molar-refractivity contribution in [2.75, 3.05) is 0 Å². The maximum Gasteiger partial charge on any atom is 0.332 e. The molecule has 0 spiro atoms. The number of nitriles is 1. The number of nitrogens with zero attached hydrogens (tertiary/aromatic N) is 1. The molecule has 1 fully saturated rings. The SMILES string of the molecule is N#Cc1ccc(CNC(=O)C2CCC(C(=O)O)O2)cc1. The number of nitrogens with one attached hydrogen (secondary N) is 1. The molecule has 2 unspecified atom stereocenters. The Hall–Kier alpha value is -2.39. The Morgan fingerprint density at radius 1 is 1.30 bits per heavy atom. The molecule has 1 aromatic carbocycles. The first-order valence-corrected chi connectivity index (χ1v) is 6.25. The first kappa shape index (κ1) is 14.0. The van der Waals surface area contributed by atoms with Gasteiger partial charge in [0.05, 0.1) is 11.6 Å². The second kappa shape index (κ2) is 6.17. The lowest BCUT2D eigenvalue weighted by Crippen LogP contribution is -2.35. The van der Waals surface area contributed by atoms with Gasteiger partial charge in [-0.1, -0.05) is 12.1 Å². The van der Waals surface area contributed by atoms with Crippen molar-refractivity contribution in [2.45, 2.75) is 31.6 Å². The van der Waals surface area contributed by atoms with E-state index in [-0.39, 0.29) is 5.91 Å². The van der Waals surface area contributed by atoms with Crippen molar-refractivity contribution in [3.8, 4) is 6.07 Å². The van der Waals surface area contributed by atoms with Crippen molar-refractivity contribution in [3.05, 3.63) is 35.4 Å². The van der Waals surface area contributed by atoms with Gasteiger partial charge in [-0.2, -0.15) is 5.26 Å². The molecule has 2 atom stereocenters. The topological polar surface area (TPSA) is 99.4 Å². The minimum Gasteiger partial charge on any atom is -0.479 e. The van der Waals surface area contributed by atoms with Crippen molar-refractivity contribution in [1.82, 2.24) is 5.32 Å². The molecule has 1 saturated heterocycles. The van der Waals surface area contributed by atoms with Crippen molar-refractivity contribution in [1.29, 1.82) is 5.26 Å².